The average Bonchev–Trinajstić information content (AvgIpc) is 3.41. The molecule has 1 fully saturated rings. The molecule has 8 nitrogen and oxygen atoms in total. The van der Waals surface area contributed by atoms with Crippen LogP contribution >= 0.6 is 11.8 Å². The third-order valence-corrected chi connectivity index (χ3v) is 5.78. The average molecular weight is 498 g/mol. The summed E-state index contributed by atoms with van der Waals surface area (Å²) in [6.45, 7) is -0.644. The third-order valence-electron chi connectivity index (χ3n) is 4.87. The van der Waals surface area contributed by atoms with Crippen molar-refractivity contribution in [1.29, 1.82) is 0 Å². The van der Waals surface area contributed by atoms with Crippen LogP contribution in [0.3, 0.4) is 0 Å². The van der Waals surface area contributed by atoms with E-state index in [9.17, 15) is 28.0 Å². The number of anilines is 1. The topological polar surface area (TPSA) is 106 Å². The molecule has 4 rings (SSSR count). The van der Waals surface area contributed by atoms with Crippen molar-refractivity contribution >= 4 is 46.5 Å². The zero-order valence-corrected chi connectivity index (χ0v) is 18.9. The van der Waals surface area contributed by atoms with Crippen LogP contribution in [0.4, 0.5) is 19.3 Å². The van der Waals surface area contributed by atoms with Gasteiger partial charge in [-0.3, -0.25) is 19.3 Å². The summed E-state index contributed by atoms with van der Waals surface area (Å²) in [4.78, 5) is 49.4. The maximum Gasteiger partial charge on any atom is 0.337 e. The molecule has 1 aliphatic heterocycles. The molecule has 11 heteroatoms. The Kier molecular flexibility index (Phi) is 6.78. The number of amides is 3. The van der Waals surface area contributed by atoms with Gasteiger partial charge in [0, 0.05) is 17.7 Å². The highest BCUT2D eigenvalue weighted by Gasteiger charge is 2.36. The molecule has 1 saturated heterocycles. The number of carbonyl (C=O) groups excluding carboxylic acids is 4. The van der Waals surface area contributed by atoms with E-state index in [2.05, 4.69) is 10.1 Å². The highest BCUT2D eigenvalue weighted by atomic mass is 32.2. The molecule has 0 spiro atoms. The molecule has 0 saturated carbocycles. The van der Waals surface area contributed by atoms with Gasteiger partial charge in [-0.25, -0.2) is 13.6 Å². The molecule has 0 unspecified atom stereocenters. The molecule has 1 N–H and O–H groups in total. The van der Waals surface area contributed by atoms with Gasteiger partial charge < -0.3 is 14.5 Å². The van der Waals surface area contributed by atoms with Crippen molar-refractivity contribution in [1.82, 2.24) is 4.90 Å². The number of nitrogens with one attached hydrogen (secondary N) is 1. The van der Waals surface area contributed by atoms with Crippen molar-refractivity contribution in [3.63, 3.8) is 0 Å². The summed E-state index contributed by atoms with van der Waals surface area (Å²) >= 11 is 0.626. The third kappa shape index (κ3) is 5.30. The second-order valence-electron chi connectivity index (χ2n) is 7.21. The fourth-order valence-electron chi connectivity index (χ4n) is 3.16. The number of rotatable bonds is 6. The number of hydrogen-bond acceptors (Lipinski definition) is 7. The van der Waals surface area contributed by atoms with Gasteiger partial charge in [0.05, 0.1) is 23.3 Å². The van der Waals surface area contributed by atoms with Gasteiger partial charge in [0.1, 0.15) is 29.7 Å². The van der Waals surface area contributed by atoms with Crippen molar-refractivity contribution in [3.05, 3.63) is 82.5 Å². The lowest BCUT2D eigenvalue weighted by Crippen LogP contribution is -2.36. The molecular formula is C24H16F2N2O6S. The molecular weight excluding hydrogens is 482 g/mol. The van der Waals surface area contributed by atoms with Gasteiger partial charge in [-0.1, -0.05) is 12.1 Å². The molecule has 178 valence electrons. The Morgan fingerprint density at radius 1 is 1.09 bits per heavy atom. The zero-order valence-electron chi connectivity index (χ0n) is 18.0. The molecule has 3 aromatic rings. The van der Waals surface area contributed by atoms with Crippen LogP contribution in [0.1, 0.15) is 16.1 Å². The molecule has 35 heavy (non-hydrogen) atoms. The molecule has 3 amide bonds. The number of halogens is 2. The van der Waals surface area contributed by atoms with Gasteiger partial charge in [0.25, 0.3) is 11.1 Å². The molecule has 0 bridgehead atoms. The summed E-state index contributed by atoms with van der Waals surface area (Å²) in [5.74, 6) is -3.04. The summed E-state index contributed by atoms with van der Waals surface area (Å²) < 4.78 is 37.1. The Hall–Kier alpha value is -4.25. The number of nitrogens with zero attached hydrogens (tertiary/aromatic N) is 1. The van der Waals surface area contributed by atoms with Crippen LogP contribution < -0.4 is 5.32 Å². The van der Waals surface area contributed by atoms with E-state index >= 15 is 0 Å². The van der Waals surface area contributed by atoms with Crippen molar-refractivity contribution < 1.29 is 37.1 Å². The van der Waals surface area contributed by atoms with E-state index in [1.165, 1.54) is 13.2 Å². The lowest BCUT2D eigenvalue weighted by molar-refractivity contribution is -0.127. The summed E-state index contributed by atoms with van der Waals surface area (Å²) in [5, 5.41) is 1.52. The van der Waals surface area contributed by atoms with Crippen molar-refractivity contribution in [2.75, 3.05) is 19.0 Å². The maximum atomic E-state index is 13.7. The highest BCUT2D eigenvalue weighted by molar-refractivity contribution is 8.18. The first-order chi connectivity index (χ1) is 16.7. The lowest BCUT2D eigenvalue weighted by Gasteiger charge is -2.12. The Morgan fingerprint density at radius 2 is 1.83 bits per heavy atom. The first-order valence-corrected chi connectivity index (χ1v) is 10.9. The van der Waals surface area contributed by atoms with Crippen LogP contribution in [0.5, 0.6) is 0 Å². The fraction of sp³-hybridized carbons (Fsp3) is 0.0833. The highest BCUT2D eigenvalue weighted by Crippen LogP contribution is 2.33. The van der Waals surface area contributed by atoms with Crippen LogP contribution in [-0.4, -0.2) is 41.6 Å². The number of methoxy groups -OCH3 is 1. The monoisotopic (exact) mass is 498 g/mol. The number of esters is 1. The van der Waals surface area contributed by atoms with Crippen LogP contribution in [0, 0.1) is 11.6 Å². The predicted octanol–water partition coefficient (Wildman–Crippen LogP) is 4.69. The van der Waals surface area contributed by atoms with E-state index < -0.39 is 41.2 Å². The minimum atomic E-state index is -0.985. The minimum absolute atomic E-state index is 0.0395. The first-order valence-electron chi connectivity index (χ1n) is 10.0. The van der Waals surface area contributed by atoms with Gasteiger partial charge in [0.2, 0.25) is 5.91 Å². The van der Waals surface area contributed by atoms with E-state index in [1.54, 1.807) is 36.4 Å². The van der Waals surface area contributed by atoms with Crippen LogP contribution in [0.15, 0.2) is 63.9 Å². The molecule has 2 heterocycles. The standard InChI is InChI=1S/C24H16F2N2O6S/c1-33-23(31)14-4-2-13(3-5-14)19-9-7-16(34-19)11-20-22(30)28(24(32)35-20)12-21(29)27-18-8-6-15(25)10-17(18)26/h2-11H,12H2,1H3,(H,27,29). The Morgan fingerprint density at radius 3 is 2.51 bits per heavy atom. The van der Waals surface area contributed by atoms with Crippen molar-refractivity contribution in [3.8, 4) is 11.3 Å². The number of benzene rings is 2. The number of imide groups is 1. The van der Waals surface area contributed by atoms with Crippen LogP contribution in [0.25, 0.3) is 17.4 Å². The number of thioether (sulfide) groups is 1. The first kappa shape index (κ1) is 23.9. The summed E-state index contributed by atoms with van der Waals surface area (Å²) in [5.41, 5.74) is 0.777. The van der Waals surface area contributed by atoms with Gasteiger partial charge in [-0.15, -0.1) is 0 Å². The predicted molar refractivity (Wildman–Crippen MR) is 123 cm³/mol. The molecule has 1 aliphatic rings. The number of hydrogen-bond donors (Lipinski definition) is 1. The van der Waals surface area contributed by atoms with Crippen molar-refractivity contribution in [2.24, 2.45) is 0 Å². The van der Waals surface area contributed by atoms with Gasteiger partial charge >= 0.3 is 5.97 Å². The second-order valence-corrected chi connectivity index (χ2v) is 8.20. The second kappa shape index (κ2) is 9.94. The van der Waals surface area contributed by atoms with E-state index in [0.29, 0.717) is 45.4 Å². The molecule has 0 atom stereocenters. The van der Waals surface area contributed by atoms with Gasteiger partial charge in [-0.05, 0) is 48.2 Å². The molecule has 0 radical (unpaired) electrons. The number of furan rings is 1. The Balaban J connectivity index is 1.44. The largest absolute Gasteiger partial charge is 0.465 e. The van der Waals surface area contributed by atoms with E-state index in [4.69, 9.17) is 4.42 Å². The number of ether oxygens (including phenoxy) is 1. The quantitative estimate of drug-likeness (QED) is 0.388. The van der Waals surface area contributed by atoms with E-state index in [1.807, 2.05) is 0 Å². The zero-order chi connectivity index (χ0) is 25.1. The Bertz CT molecular complexity index is 1370. The van der Waals surface area contributed by atoms with E-state index in [-0.39, 0.29) is 10.6 Å². The Labute approximate surface area is 201 Å². The molecule has 2 aromatic carbocycles. The van der Waals surface area contributed by atoms with E-state index in [0.717, 1.165) is 12.1 Å². The van der Waals surface area contributed by atoms with Crippen LogP contribution in [0.2, 0.25) is 0 Å². The summed E-state index contributed by atoms with van der Waals surface area (Å²) in [6.07, 6.45) is 1.37. The van der Waals surface area contributed by atoms with Crippen molar-refractivity contribution in [2.45, 2.75) is 0 Å². The smallest absolute Gasteiger partial charge is 0.337 e. The fourth-order valence-corrected chi connectivity index (χ4v) is 3.98. The normalized spacial score (nSPS) is 14.5. The summed E-state index contributed by atoms with van der Waals surface area (Å²) in [7, 11) is 1.29. The maximum absolute atomic E-state index is 13.7. The van der Waals surface area contributed by atoms with Gasteiger partial charge in [0.15, 0.2) is 0 Å². The number of carbonyl (C=O) groups is 4. The lowest BCUT2D eigenvalue weighted by atomic mass is 10.1. The summed E-state index contributed by atoms with van der Waals surface area (Å²) in [6, 6.07) is 12.4. The molecule has 1 aromatic heterocycles. The van der Waals surface area contributed by atoms with Crippen LogP contribution in [-0.2, 0) is 14.3 Å². The SMILES string of the molecule is COC(=O)c1ccc(-c2ccc(C=C3SC(=O)N(CC(=O)Nc4ccc(F)cc4F)C3=O)o2)cc1. The minimum Gasteiger partial charge on any atom is -0.465 e. The van der Waals surface area contributed by atoms with Gasteiger partial charge in [-0.2, -0.15) is 0 Å². The molecule has 0 aliphatic carbocycles.